The SMILES string of the molecule is CCCCCCOc1cc2c3cc(OCCCCCC)c(OCCCCCC)cc3c3cc(OCCCCCC(=O)N4CCOCCOCCOCCOCC4)c(OCCCCCC)cc3c2cc1OCCCCCC. The Bertz CT molecular complexity index is 2110. The van der Waals surface area contributed by atoms with E-state index in [2.05, 4.69) is 71.0 Å². The summed E-state index contributed by atoms with van der Waals surface area (Å²) in [5.74, 6) is 4.66. The third kappa shape index (κ3) is 22.6. The Morgan fingerprint density at radius 3 is 0.789 bits per heavy atom. The van der Waals surface area contributed by atoms with Crippen molar-refractivity contribution < 1.29 is 52.2 Å². The first-order chi connectivity index (χ1) is 37.5. The number of hydrogen-bond donors (Lipinski definition) is 0. The van der Waals surface area contributed by atoms with Crippen molar-refractivity contribution in [1.29, 1.82) is 0 Å². The predicted molar refractivity (Wildman–Crippen MR) is 311 cm³/mol. The maximum Gasteiger partial charge on any atom is 0.222 e. The average molecular weight is 1060 g/mol. The molecule has 1 fully saturated rings. The van der Waals surface area contributed by atoms with Crippen LogP contribution in [-0.2, 0) is 23.7 Å². The second-order valence-electron chi connectivity index (χ2n) is 20.6. The molecule has 0 bridgehead atoms. The van der Waals surface area contributed by atoms with E-state index in [1.54, 1.807) is 0 Å². The molecule has 1 amide bonds. The molecule has 0 radical (unpaired) electrons. The highest BCUT2D eigenvalue weighted by Crippen LogP contribution is 2.47. The lowest BCUT2D eigenvalue weighted by molar-refractivity contribution is -0.133. The second kappa shape index (κ2) is 39.2. The standard InChI is InChI=1S/C64H101NO11/c1-6-11-16-23-32-71-58-46-52-53-47-59(72-33-24-17-12-7-2)61(74-35-26-19-14-9-4)49-55(53)57-51-63(62(75-36-27-20-15-10-5)50-56(57)54(52)48-60(58)73-34-25-18-13-8-3)76-37-28-21-22-29-64(66)65-30-38-67-40-42-69-44-45-70-43-41-68-39-31-65/h46-51H,6-45H2,1-5H3. The van der Waals surface area contributed by atoms with Gasteiger partial charge < -0.3 is 52.3 Å². The number of carbonyl (C=O) groups is 1. The predicted octanol–water partition coefficient (Wildman–Crippen LogP) is 15.8. The van der Waals surface area contributed by atoms with E-state index in [0.29, 0.717) is 112 Å². The Hall–Kier alpha value is -4.23. The number of ether oxygens (including phenoxy) is 10. The molecule has 1 saturated heterocycles. The van der Waals surface area contributed by atoms with Crippen molar-refractivity contribution in [2.45, 2.75) is 189 Å². The van der Waals surface area contributed by atoms with Crippen molar-refractivity contribution >= 4 is 38.2 Å². The fraction of sp³-hybridized carbons (Fsp3) is 0.703. The molecule has 0 spiro atoms. The van der Waals surface area contributed by atoms with Crippen LogP contribution in [0.25, 0.3) is 32.3 Å². The summed E-state index contributed by atoms with van der Waals surface area (Å²) in [7, 11) is 0. The van der Waals surface area contributed by atoms with Crippen molar-refractivity contribution in [3.8, 4) is 34.5 Å². The lowest BCUT2D eigenvalue weighted by Crippen LogP contribution is -2.37. The molecule has 0 aromatic heterocycles. The summed E-state index contributed by atoms with van der Waals surface area (Å²) < 4.78 is 63.0. The van der Waals surface area contributed by atoms with E-state index in [-0.39, 0.29) is 5.91 Å². The molecule has 0 N–H and O–H groups in total. The monoisotopic (exact) mass is 1060 g/mol. The molecular weight excluding hydrogens is 959 g/mol. The zero-order valence-electron chi connectivity index (χ0n) is 48.2. The van der Waals surface area contributed by atoms with E-state index in [1.165, 1.54) is 57.8 Å². The smallest absolute Gasteiger partial charge is 0.222 e. The first kappa shape index (κ1) is 62.6. The zero-order valence-corrected chi connectivity index (χ0v) is 48.2. The maximum absolute atomic E-state index is 13.5. The lowest BCUT2D eigenvalue weighted by Gasteiger charge is -2.23. The van der Waals surface area contributed by atoms with Gasteiger partial charge in [-0.15, -0.1) is 0 Å². The van der Waals surface area contributed by atoms with Crippen LogP contribution in [0.3, 0.4) is 0 Å². The Kier molecular flexibility index (Phi) is 32.3. The number of fused-ring (bicyclic) bond motifs is 6. The van der Waals surface area contributed by atoms with E-state index >= 15 is 0 Å². The van der Waals surface area contributed by atoms with Gasteiger partial charge in [-0.05, 0) is 120 Å². The number of unbranched alkanes of at least 4 members (excludes halogenated alkanes) is 17. The molecule has 12 nitrogen and oxygen atoms in total. The van der Waals surface area contributed by atoms with Crippen LogP contribution in [-0.4, -0.2) is 116 Å². The summed E-state index contributed by atoms with van der Waals surface area (Å²) in [6, 6.07) is 13.2. The van der Waals surface area contributed by atoms with Gasteiger partial charge in [0.2, 0.25) is 5.91 Å². The highest BCUT2D eigenvalue weighted by Gasteiger charge is 2.21. The van der Waals surface area contributed by atoms with Crippen LogP contribution in [0, 0.1) is 0 Å². The summed E-state index contributed by atoms with van der Waals surface area (Å²) >= 11 is 0. The summed E-state index contributed by atoms with van der Waals surface area (Å²) in [5, 5.41) is 6.38. The summed E-state index contributed by atoms with van der Waals surface area (Å²) in [4.78, 5) is 15.4. The highest BCUT2D eigenvalue weighted by molar-refractivity contribution is 6.26. The first-order valence-corrected chi connectivity index (χ1v) is 30.4. The van der Waals surface area contributed by atoms with Gasteiger partial charge in [0.25, 0.3) is 0 Å². The summed E-state index contributed by atoms with van der Waals surface area (Å²) in [5.41, 5.74) is 0. The average Bonchev–Trinajstić information content (AvgIpc) is 3.49. The number of carbonyl (C=O) groups excluding carboxylic acids is 1. The Morgan fingerprint density at radius 1 is 0.329 bits per heavy atom. The van der Waals surface area contributed by atoms with Gasteiger partial charge in [0.1, 0.15) is 0 Å². The van der Waals surface area contributed by atoms with E-state index in [9.17, 15) is 4.79 Å². The molecule has 12 heteroatoms. The topological polar surface area (TPSA) is 113 Å². The Labute approximate surface area is 458 Å². The Morgan fingerprint density at radius 2 is 0.553 bits per heavy atom. The number of nitrogens with zero attached hydrogens (tertiary/aromatic N) is 1. The molecule has 4 aromatic rings. The minimum atomic E-state index is 0.113. The molecule has 1 aliphatic rings. The van der Waals surface area contributed by atoms with Crippen LogP contribution in [0.15, 0.2) is 36.4 Å². The van der Waals surface area contributed by atoms with Gasteiger partial charge >= 0.3 is 0 Å². The van der Waals surface area contributed by atoms with E-state index in [0.717, 1.165) is 157 Å². The van der Waals surface area contributed by atoms with Crippen molar-refractivity contribution in [3.63, 3.8) is 0 Å². The molecule has 1 heterocycles. The molecule has 76 heavy (non-hydrogen) atoms. The van der Waals surface area contributed by atoms with Crippen LogP contribution >= 0.6 is 0 Å². The molecular formula is C64H101NO11. The maximum atomic E-state index is 13.5. The van der Waals surface area contributed by atoms with Crippen LogP contribution in [0.2, 0.25) is 0 Å². The van der Waals surface area contributed by atoms with Crippen molar-refractivity contribution in [2.75, 3.05) is 106 Å². The molecule has 0 saturated carbocycles. The van der Waals surface area contributed by atoms with E-state index in [1.807, 2.05) is 4.90 Å². The zero-order chi connectivity index (χ0) is 53.7. The fourth-order valence-electron chi connectivity index (χ4n) is 9.62. The fourth-order valence-corrected chi connectivity index (χ4v) is 9.62. The number of rotatable bonds is 37. The molecule has 5 rings (SSSR count). The van der Waals surface area contributed by atoms with Crippen LogP contribution in [0.5, 0.6) is 34.5 Å². The Balaban J connectivity index is 1.51. The lowest BCUT2D eigenvalue weighted by atomic mass is 9.93. The molecule has 4 aromatic carbocycles. The number of hydrogen-bond acceptors (Lipinski definition) is 11. The van der Waals surface area contributed by atoms with Gasteiger partial charge in [-0.3, -0.25) is 4.79 Å². The van der Waals surface area contributed by atoms with Gasteiger partial charge in [0.15, 0.2) is 34.5 Å². The van der Waals surface area contributed by atoms with Gasteiger partial charge in [0, 0.05) is 19.5 Å². The number of amides is 1. The van der Waals surface area contributed by atoms with Gasteiger partial charge in [-0.2, -0.15) is 0 Å². The molecule has 0 atom stereocenters. The summed E-state index contributed by atoms with van der Waals surface area (Å²) in [6.07, 6.45) is 25.2. The van der Waals surface area contributed by atoms with Crippen LogP contribution in [0.4, 0.5) is 0 Å². The molecule has 0 aliphatic carbocycles. The molecule has 1 aliphatic heterocycles. The van der Waals surface area contributed by atoms with Gasteiger partial charge in [0.05, 0.1) is 92.5 Å². The largest absolute Gasteiger partial charge is 0.490 e. The summed E-state index contributed by atoms with van der Waals surface area (Å²) in [6.45, 7) is 19.8. The van der Waals surface area contributed by atoms with E-state index in [4.69, 9.17) is 47.4 Å². The van der Waals surface area contributed by atoms with Crippen molar-refractivity contribution in [3.05, 3.63) is 36.4 Å². The minimum absolute atomic E-state index is 0.113. The second-order valence-corrected chi connectivity index (χ2v) is 20.6. The minimum Gasteiger partial charge on any atom is -0.490 e. The van der Waals surface area contributed by atoms with Gasteiger partial charge in [-0.1, -0.05) is 131 Å². The normalized spacial score (nSPS) is 14.2. The van der Waals surface area contributed by atoms with Crippen molar-refractivity contribution in [1.82, 2.24) is 4.90 Å². The molecule has 0 unspecified atom stereocenters. The quantitative estimate of drug-likeness (QED) is 0.0318. The third-order valence-corrected chi connectivity index (χ3v) is 14.2. The third-order valence-electron chi connectivity index (χ3n) is 14.2. The van der Waals surface area contributed by atoms with Crippen molar-refractivity contribution in [2.24, 2.45) is 0 Å². The van der Waals surface area contributed by atoms with Crippen LogP contribution in [0.1, 0.15) is 189 Å². The first-order valence-electron chi connectivity index (χ1n) is 30.4. The van der Waals surface area contributed by atoms with E-state index < -0.39 is 0 Å². The van der Waals surface area contributed by atoms with Gasteiger partial charge in [-0.25, -0.2) is 0 Å². The highest BCUT2D eigenvalue weighted by atomic mass is 16.6. The van der Waals surface area contributed by atoms with Crippen LogP contribution < -0.4 is 28.4 Å². The molecule has 428 valence electrons. The number of benzene rings is 4.